The van der Waals surface area contributed by atoms with Gasteiger partial charge in [-0.15, -0.1) is 0 Å². The van der Waals surface area contributed by atoms with E-state index in [4.69, 9.17) is 24.4 Å². The van der Waals surface area contributed by atoms with E-state index in [0.717, 1.165) is 11.1 Å². The quantitative estimate of drug-likeness (QED) is 0.308. The number of ether oxygens (including phenoxy) is 3. The van der Waals surface area contributed by atoms with E-state index in [1.54, 1.807) is 49.4 Å². The van der Waals surface area contributed by atoms with Gasteiger partial charge < -0.3 is 29.5 Å². The molecule has 37 heavy (non-hydrogen) atoms. The van der Waals surface area contributed by atoms with Crippen molar-refractivity contribution < 1.29 is 38.7 Å². The second kappa shape index (κ2) is 13.1. The van der Waals surface area contributed by atoms with Crippen molar-refractivity contribution in [1.82, 2.24) is 4.98 Å². The maximum absolute atomic E-state index is 14.9. The second-order valence-electron chi connectivity index (χ2n) is 8.54. The molecule has 0 spiro atoms. The van der Waals surface area contributed by atoms with Crippen molar-refractivity contribution in [2.24, 2.45) is 0 Å². The third-order valence-corrected chi connectivity index (χ3v) is 5.86. The minimum atomic E-state index is -1.01. The van der Waals surface area contributed by atoms with Gasteiger partial charge in [-0.2, -0.15) is 0 Å². The highest BCUT2D eigenvalue weighted by molar-refractivity contribution is 5.71. The number of carboxylic acids is 1. The van der Waals surface area contributed by atoms with Crippen LogP contribution in [0.4, 0.5) is 4.39 Å². The minimum absolute atomic E-state index is 0.102. The van der Waals surface area contributed by atoms with Crippen LogP contribution in [0, 0.1) is 19.7 Å². The molecule has 0 radical (unpaired) electrons. The zero-order chi connectivity index (χ0) is 26.9. The van der Waals surface area contributed by atoms with Crippen LogP contribution in [-0.2, 0) is 16.1 Å². The molecule has 8 nitrogen and oxygen atoms in total. The minimum Gasteiger partial charge on any atom is -0.489 e. The molecule has 0 aliphatic rings. The summed E-state index contributed by atoms with van der Waals surface area (Å²) in [6, 6.07) is 13.4. The molecule has 0 fully saturated rings. The van der Waals surface area contributed by atoms with Crippen LogP contribution in [0.2, 0.25) is 0 Å². The topological polar surface area (TPSA) is 118 Å². The first-order chi connectivity index (χ1) is 17.7. The van der Waals surface area contributed by atoms with Crippen LogP contribution in [0.3, 0.4) is 0 Å². The molecular weight excluding hydrogens is 481 g/mol. The van der Waals surface area contributed by atoms with Gasteiger partial charge in [0.25, 0.3) is 0 Å². The molecule has 3 aromatic rings. The van der Waals surface area contributed by atoms with Crippen LogP contribution in [0.15, 0.2) is 48.5 Å². The van der Waals surface area contributed by atoms with E-state index in [-0.39, 0.29) is 31.3 Å². The number of nitrogens with zero attached hydrogens (tertiary/aromatic N) is 1. The van der Waals surface area contributed by atoms with Gasteiger partial charge in [0, 0.05) is 29.5 Å². The van der Waals surface area contributed by atoms with Crippen molar-refractivity contribution in [3.8, 4) is 22.8 Å². The Hall–Kier alpha value is -3.53. The summed E-state index contributed by atoms with van der Waals surface area (Å²) in [4.78, 5) is 15.5. The van der Waals surface area contributed by atoms with Crippen LogP contribution in [-0.4, -0.2) is 52.2 Å². The molecule has 3 N–H and O–H groups in total. The molecule has 0 unspecified atom stereocenters. The highest BCUT2D eigenvalue weighted by Crippen LogP contribution is 2.32. The molecule has 0 aliphatic carbocycles. The number of aliphatic carboxylic acids is 1. The predicted octanol–water partition coefficient (Wildman–Crippen LogP) is 4.37. The highest BCUT2D eigenvalue weighted by atomic mass is 19.1. The number of carboxylic acid groups (broad SMARTS) is 1. The average Bonchev–Trinajstić information content (AvgIpc) is 2.87. The van der Waals surface area contributed by atoms with Crippen LogP contribution in [0.1, 0.15) is 41.8 Å². The van der Waals surface area contributed by atoms with Crippen LogP contribution < -0.4 is 9.47 Å². The molecule has 0 saturated carbocycles. The Labute approximate surface area is 215 Å². The molecule has 0 bridgehead atoms. The largest absolute Gasteiger partial charge is 0.489 e. The number of aliphatic hydroxyl groups excluding tert-OH is 2. The molecule has 2 atom stereocenters. The van der Waals surface area contributed by atoms with Crippen LogP contribution in [0.25, 0.3) is 11.1 Å². The fourth-order valence-electron chi connectivity index (χ4n) is 3.90. The van der Waals surface area contributed by atoms with Gasteiger partial charge in [-0.05, 0) is 61.7 Å². The van der Waals surface area contributed by atoms with Gasteiger partial charge in [-0.25, -0.2) is 9.37 Å². The van der Waals surface area contributed by atoms with Gasteiger partial charge in [0.15, 0.2) is 0 Å². The molecule has 0 amide bonds. The van der Waals surface area contributed by atoms with Crippen molar-refractivity contribution in [3.63, 3.8) is 0 Å². The van der Waals surface area contributed by atoms with E-state index in [9.17, 15) is 14.3 Å². The summed E-state index contributed by atoms with van der Waals surface area (Å²) in [5, 5.41) is 27.5. The van der Waals surface area contributed by atoms with Gasteiger partial charge in [0.05, 0.1) is 19.1 Å². The average molecular weight is 514 g/mol. The molecule has 9 heteroatoms. The lowest BCUT2D eigenvalue weighted by molar-refractivity contribution is -0.140. The fraction of sp³-hybridized carbons (Fsp3) is 0.357. The summed E-state index contributed by atoms with van der Waals surface area (Å²) in [6.45, 7) is 5.47. The predicted molar refractivity (Wildman–Crippen MR) is 135 cm³/mol. The van der Waals surface area contributed by atoms with E-state index < -0.39 is 24.8 Å². The zero-order valence-electron chi connectivity index (χ0n) is 21.1. The summed E-state index contributed by atoms with van der Waals surface area (Å²) in [6.07, 6.45) is -1.67. The molecule has 0 saturated heterocycles. The summed E-state index contributed by atoms with van der Waals surface area (Å²) < 4.78 is 31.8. The number of rotatable bonds is 13. The van der Waals surface area contributed by atoms with E-state index in [1.807, 2.05) is 13.8 Å². The van der Waals surface area contributed by atoms with E-state index >= 15 is 0 Å². The van der Waals surface area contributed by atoms with Crippen molar-refractivity contribution in [2.75, 3.05) is 19.8 Å². The lowest BCUT2D eigenvalue weighted by Gasteiger charge is -2.17. The summed E-state index contributed by atoms with van der Waals surface area (Å²) in [5.74, 6) is -0.469. The first-order valence-electron chi connectivity index (χ1n) is 12.0. The molecule has 1 aromatic heterocycles. The third kappa shape index (κ3) is 7.48. The fourth-order valence-corrected chi connectivity index (χ4v) is 3.90. The molecule has 198 valence electrons. The van der Waals surface area contributed by atoms with Crippen molar-refractivity contribution in [2.45, 2.75) is 46.0 Å². The Kier molecular flexibility index (Phi) is 9.96. The van der Waals surface area contributed by atoms with Crippen molar-refractivity contribution in [1.29, 1.82) is 0 Å². The Morgan fingerprint density at radius 3 is 2.41 bits per heavy atom. The number of aromatic nitrogens is 1. The summed E-state index contributed by atoms with van der Waals surface area (Å²) in [7, 11) is 0. The number of hydrogen-bond acceptors (Lipinski definition) is 7. The third-order valence-electron chi connectivity index (χ3n) is 5.86. The number of carbonyl (C=O) groups is 1. The van der Waals surface area contributed by atoms with E-state index in [1.165, 1.54) is 6.07 Å². The molecule has 0 aliphatic heterocycles. The number of halogens is 1. The SMILES string of the molecule is CCO[C@@H](CC(=O)O)c1ccc(OCc2ccc(F)c(-c3ccc(OC[C@H](O)CO)nc3C)c2C)cc1. The Balaban J connectivity index is 1.75. The lowest BCUT2D eigenvalue weighted by atomic mass is 9.95. The van der Waals surface area contributed by atoms with Gasteiger partial charge in [0.2, 0.25) is 5.88 Å². The zero-order valence-corrected chi connectivity index (χ0v) is 21.1. The molecule has 1 heterocycles. The van der Waals surface area contributed by atoms with Gasteiger partial charge in [0.1, 0.15) is 30.9 Å². The van der Waals surface area contributed by atoms with Gasteiger partial charge >= 0.3 is 5.97 Å². The first kappa shape index (κ1) is 28.0. The number of pyridine rings is 1. The standard InChI is InChI=1S/C28H32FNO7/c1-4-35-25(13-27(33)34)19-5-8-22(9-6-19)36-15-20-7-11-24(29)28(17(20)2)23-10-12-26(30-18(23)3)37-16-21(32)14-31/h5-12,21,25,31-32H,4,13-16H2,1-3H3,(H,33,34)/t21-,25+/m1/s1. The lowest BCUT2D eigenvalue weighted by Crippen LogP contribution is -2.21. The Morgan fingerprint density at radius 2 is 1.78 bits per heavy atom. The van der Waals surface area contributed by atoms with Crippen molar-refractivity contribution in [3.05, 3.63) is 76.7 Å². The van der Waals surface area contributed by atoms with E-state index in [0.29, 0.717) is 34.7 Å². The van der Waals surface area contributed by atoms with Crippen LogP contribution in [0.5, 0.6) is 11.6 Å². The Morgan fingerprint density at radius 1 is 1.05 bits per heavy atom. The molecular formula is C28H32FNO7. The van der Waals surface area contributed by atoms with Crippen LogP contribution >= 0.6 is 0 Å². The normalized spacial score (nSPS) is 12.7. The van der Waals surface area contributed by atoms with Crippen molar-refractivity contribution >= 4 is 5.97 Å². The second-order valence-corrected chi connectivity index (χ2v) is 8.54. The monoisotopic (exact) mass is 513 g/mol. The number of hydrogen-bond donors (Lipinski definition) is 3. The maximum Gasteiger partial charge on any atom is 0.306 e. The van der Waals surface area contributed by atoms with E-state index in [2.05, 4.69) is 4.98 Å². The van der Waals surface area contributed by atoms with Gasteiger partial charge in [-0.3, -0.25) is 4.79 Å². The number of aryl methyl sites for hydroxylation is 1. The molecule has 3 rings (SSSR count). The maximum atomic E-state index is 14.9. The molecule has 2 aromatic carbocycles. The summed E-state index contributed by atoms with van der Waals surface area (Å²) in [5.41, 5.74) is 3.83. The number of aliphatic hydroxyl groups is 2. The first-order valence-corrected chi connectivity index (χ1v) is 12.0. The smallest absolute Gasteiger partial charge is 0.306 e. The van der Waals surface area contributed by atoms with Gasteiger partial charge in [-0.1, -0.05) is 18.2 Å². The summed E-state index contributed by atoms with van der Waals surface area (Å²) >= 11 is 0. The highest BCUT2D eigenvalue weighted by Gasteiger charge is 2.18. The number of benzene rings is 2. The Bertz CT molecular complexity index is 1200.